The van der Waals surface area contributed by atoms with Gasteiger partial charge in [0.15, 0.2) is 5.78 Å². The van der Waals surface area contributed by atoms with Crippen LogP contribution in [-0.2, 0) is 6.42 Å². The molecule has 22 heavy (non-hydrogen) atoms. The molecule has 0 atom stereocenters. The Balaban J connectivity index is 1.78. The molecule has 1 nitrogen and oxygen atoms in total. The van der Waals surface area contributed by atoms with E-state index in [0.717, 1.165) is 23.1 Å². The molecule has 3 aromatic carbocycles. The van der Waals surface area contributed by atoms with E-state index in [2.05, 4.69) is 12.1 Å². The Morgan fingerprint density at radius 3 is 2.09 bits per heavy atom. The van der Waals surface area contributed by atoms with Crippen molar-refractivity contribution in [2.75, 3.05) is 0 Å². The highest BCUT2D eigenvalue weighted by Gasteiger charge is 2.08. The van der Waals surface area contributed by atoms with Gasteiger partial charge in [-0.15, -0.1) is 0 Å². The van der Waals surface area contributed by atoms with E-state index in [-0.39, 0.29) is 5.78 Å². The second kappa shape index (κ2) is 6.40. The van der Waals surface area contributed by atoms with Crippen LogP contribution >= 0.6 is 0 Å². The van der Waals surface area contributed by atoms with E-state index < -0.39 is 0 Å². The summed E-state index contributed by atoms with van der Waals surface area (Å²) in [5.41, 5.74) is 5.08. The first-order chi connectivity index (χ1) is 10.7. The molecule has 0 saturated carbocycles. The normalized spacial score (nSPS) is 10.4. The van der Waals surface area contributed by atoms with Crippen molar-refractivity contribution in [3.8, 4) is 0 Å². The molecular formula is C21H18O. The number of benzene rings is 3. The second-order valence-corrected chi connectivity index (χ2v) is 5.56. The van der Waals surface area contributed by atoms with E-state index in [0.29, 0.717) is 0 Å². The van der Waals surface area contributed by atoms with Crippen molar-refractivity contribution in [2.45, 2.75) is 13.3 Å². The number of aryl methyl sites for hydroxylation is 1. The van der Waals surface area contributed by atoms with Crippen molar-refractivity contribution in [1.82, 2.24) is 0 Å². The molecule has 0 aliphatic rings. The maximum Gasteiger partial charge on any atom is 0.193 e. The zero-order valence-electron chi connectivity index (χ0n) is 12.6. The van der Waals surface area contributed by atoms with Crippen molar-refractivity contribution >= 4 is 5.78 Å². The smallest absolute Gasteiger partial charge is 0.193 e. The Bertz CT molecular complexity index is 771. The fourth-order valence-electron chi connectivity index (χ4n) is 2.56. The van der Waals surface area contributed by atoms with Crippen molar-refractivity contribution in [3.63, 3.8) is 0 Å². The molecular weight excluding hydrogens is 268 g/mol. The fraction of sp³-hybridized carbons (Fsp3) is 0.0952. The lowest BCUT2D eigenvalue weighted by atomic mass is 9.99. The standard InChI is InChI=1S/C21H18O/c1-16-6-5-9-20(14-16)21(22)19-12-10-18(11-13-19)15-17-7-3-2-4-8-17/h2-14H,15H2,1H3. The molecule has 1 heteroatoms. The third-order valence-corrected chi connectivity index (χ3v) is 3.75. The summed E-state index contributed by atoms with van der Waals surface area (Å²) in [4.78, 5) is 12.5. The number of ketones is 1. The molecule has 0 aliphatic carbocycles. The summed E-state index contributed by atoms with van der Waals surface area (Å²) in [5, 5.41) is 0. The summed E-state index contributed by atoms with van der Waals surface area (Å²) in [5.74, 6) is 0.0787. The van der Waals surface area contributed by atoms with Crippen LogP contribution in [0.2, 0.25) is 0 Å². The maximum absolute atomic E-state index is 12.5. The predicted molar refractivity (Wildman–Crippen MR) is 90.3 cm³/mol. The van der Waals surface area contributed by atoms with Gasteiger partial charge in [0.2, 0.25) is 0 Å². The van der Waals surface area contributed by atoms with E-state index in [1.54, 1.807) is 0 Å². The molecule has 0 amide bonds. The van der Waals surface area contributed by atoms with E-state index in [1.807, 2.05) is 73.7 Å². The van der Waals surface area contributed by atoms with Gasteiger partial charge in [0.05, 0.1) is 0 Å². The lowest BCUT2D eigenvalue weighted by Gasteiger charge is -2.05. The van der Waals surface area contributed by atoms with Crippen LogP contribution < -0.4 is 0 Å². The highest BCUT2D eigenvalue weighted by atomic mass is 16.1. The van der Waals surface area contributed by atoms with E-state index in [1.165, 1.54) is 11.1 Å². The Labute approximate surface area is 131 Å². The third-order valence-electron chi connectivity index (χ3n) is 3.75. The highest BCUT2D eigenvalue weighted by Crippen LogP contribution is 2.14. The van der Waals surface area contributed by atoms with E-state index in [4.69, 9.17) is 0 Å². The van der Waals surface area contributed by atoms with Crippen LogP contribution in [0, 0.1) is 6.92 Å². The highest BCUT2D eigenvalue weighted by molar-refractivity contribution is 6.09. The van der Waals surface area contributed by atoms with Crippen LogP contribution in [0.4, 0.5) is 0 Å². The molecule has 0 aliphatic heterocycles. The molecule has 0 bridgehead atoms. The van der Waals surface area contributed by atoms with Gasteiger partial charge < -0.3 is 0 Å². The van der Waals surface area contributed by atoms with Gasteiger partial charge in [-0.05, 0) is 30.5 Å². The minimum Gasteiger partial charge on any atom is -0.289 e. The molecule has 0 aromatic heterocycles. The van der Waals surface area contributed by atoms with Crippen LogP contribution in [0.1, 0.15) is 32.6 Å². The number of rotatable bonds is 4. The zero-order valence-corrected chi connectivity index (χ0v) is 12.6. The van der Waals surface area contributed by atoms with E-state index in [9.17, 15) is 4.79 Å². The number of carbonyl (C=O) groups is 1. The lowest BCUT2D eigenvalue weighted by Crippen LogP contribution is -2.01. The first-order valence-corrected chi connectivity index (χ1v) is 7.46. The summed E-state index contributed by atoms with van der Waals surface area (Å²) in [7, 11) is 0. The van der Waals surface area contributed by atoms with Crippen LogP contribution in [0.15, 0.2) is 78.9 Å². The SMILES string of the molecule is Cc1cccc(C(=O)c2ccc(Cc3ccccc3)cc2)c1. The summed E-state index contributed by atoms with van der Waals surface area (Å²) >= 11 is 0. The van der Waals surface area contributed by atoms with Gasteiger partial charge in [-0.3, -0.25) is 4.79 Å². The molecule has 0 fully saturated rings. The number of hydrogen-bond acceptors (Lipinski definition) is 1. The molecule has 0 unspecified atom stereocenters. The van der Waals surface area contributed by atoms with Crippen molar-refractivity contribution < 1.29 is 4.79 Å². The molecule has 0 N–H and O–H groups in total. The summed E-state index contributed by atoms with van der Waals surface area (Å²) in [6.45, 7) is 2.00. The predicted octanol–water partition coefficient (Wildman–Crippen LogP) is 4.82. The maximum atomic E-state index is 12.5. The Hall–Kier alpha value is -2.67. The van der Waals surface area contributed by atoms with Crippen molar-refractivity contribution in [2.24, 2.45) is 0 Å². The van der Waals surface area contributed by atoms with Crippen LogP contribution in [0.5, 0.6) is 0 Å². The monoisotopic (exact) mass is 286 g/mol. The summed E-state index contributed by atoms with van der Waals surface area (Å²) in [6.07, 6.45) is 0.889. The summed E-state index contributed by atoms with van der Waals surface area (Å²) < 4.78 is 0. The van der Waals surface area contributed by atoms with Gasteiger partial charge in [0.1, 0.15) is 0 Å². The second-order valence-electron chi connectivity index (χ2n) is 5.56. The minimum atomic E-state index is 0.0787. The first-order valence-electron chi connectivity index (χ1n) is 7.46. The largest absolute Gasteiger partial charge is 0.289 e. The Kier molecular flexibility index (Phi) is 4.15. The van der Waals surface area contributed by atoms with Crippen LogP contribution in [0.3, 0.4) is 0 Å². The van der Waals surface area contributed by atoms with Crippen molar-refractivity contribution in [1.29, 1.82) is 0 Å². The first kappa shape index (κ1) is 14.3. The molecule has 0 spiro atoms. The van der Waals surface area contributed by atoms with Gasteiger partial charge in [-0.1, -0.05) is 78.4 Å². The quantitative estimate of drug-likeness (QED) is 0.629. The van der Waals surface area contributed by atoms with E-state index >= 15 is 0 Å². The van der Waals surface area contributed by atoms with Crippen molar-refractivity contribution in [3.05, 3.63) is 107 Å². The Morgan fingerprint density at radius 1 is 0.727 bits per heavy atom. The van der Waals surface area contributed by atoms with Gasteiger partial charge in [0.25, 0.3) is 0 Å². The van der Waals surface area contributed by atoms with Crippen LogP contribution in [0.25, 0.3) is 0 Å². The molecule has 108 valence electrons. The average Bonchev–Trinajstić information content (AvgIpc) is 2.56. The summed E-state index contributed by atoms with van der Waals surface area (Å²) in [6, 6.07) is 26.0. The lowest BCUT2D eigenvalue weighted by molar-refractivity contribution is 0.103. The molecule has 3 aromatic rings. The van der Waals surface area contributed by atoms with Gasteiger partial charge >= 0.3 is 0 Å². The Morgan fingerprint density at radius 2 is 1.41 bits per heavy atom. The fourth-order valence-corrected chi connectivity index (χ4v) is 2.56. The number of hydrogen-bond donors (Lipinski definition) is 0. The topological polar surface area (TPSA) is 17.1 Å². The zero-order chi connectivity index (χ0) is 15.4. The van der Waals surface area contributed by atoms with Crippen LogP contribution in [-0.4, -0.2) is 5.78 Å². The molecule has 0 heterocycles. The third kappa shape index (κ3) is 3.32. The number of carbonyl (C=O) groups excluding carboxylic acids is 1. The molecule has 0 saturated heterocycles. The minimum absolute atomic E-state index is 0.0787. The van der Waals surface area contributed by atoms with Gasteiger partial charge in [-0.25, -0.2) is 0 Å². The van der Waals surface area contributed by atoms with Gasteiger partial charge in [0, 0.05) is 11.1 Å². The van der Waals surface area contributed by atoms with Gasteiger partial charge in [-0.2, -0.15) is 0 Å². The molecule has 3 rings (SSSR count). The molecule has 0 radical (unpaired) electrons. The average molecular weight is 286 g/mol.